The molecule has 0 bridgehead atoms. The van der Waals surface area contributed by atoms with Crippen LogP contribution in [0.25, 0.3) is 0 Å². The number of hydrogen-bond donors (Lipinski definition) is 2. The van der Waals surface area contributed by atoms with Crippen LogP contribution in [0.2, 0.25) is 0 Å². The number of carbonyl (C=O) groups excluding carboxylic acids is 1. The maximum Gasteiger partial charge on any atom is 0.419 e. The van der Waals surface area contributed by atoms with Crippen LogP contribution in [0.1, 0.15) is 48.1 Å². The van der Waals surface area contributed by atoms with Gasteiger partial charge < -0.3 is 15.3 Å². The Morgan fingerprint density at radius 1 is 1.32 bits per heavy atom. The first kappa shape index (κ1) is 22.9. The number of amides is 2. The topological polar surface area (TPSA) is 78.4 Å². The molecule has 1 aromatic carbocycles. The summed E-state index contributed by atoms with van der Waals surface area (Å²) in [6, 6.07) is 1.53. The van der Waals surface area contributed by atoms with E-state index in [2.05, 4.69) is 15.3 Å². The maximum absolute atomic E-state index is 13.8. The molecule has 168 valence electrons. The number of benzene rings is 1. The minimum absolute atomic E-state index is 0.0195. The van der Waals surface area contributed by atoms with E-state index in [1.807, 2.05) is 6.92 Å². The van der Waals surface area contributed by atoms with Gasteiger partial charge in [0.1, 0.15) is 11.6 Å². The third-order valence-corrected chi connectivity index (χ3v) is 5.26. The van der Waals surface area contributed by atoms with Gasteiger partial charge in [-0.15, -0.1) is 0 Å². The van der Waals surface area contributed by atoms with Crippen LogP contribution in [0.5, 0.6) is 0 Å². The zero-order chi connectivity index (χ0) is 22.8. The molecule has 31 heavy (non-hydrogen) atoms. The summed E-state index contributed by atoms with van der Waals surface area (Å²) in [5, 5.41) is 11.9. The van der Waals surface area contributed by atoms with E-state index in [0.29, 0.717) is 31.3 Å². The lowest BCUT2D eigenvalue weighted by Gasteiger charge is -2.29. The fraction of sp³-hybridized carbons (Fsp3) is 0.476. The molecule has 0 saturated carbocycles. The monoisotopic (exact) mass is 440 g/mol. The summed E-state index contributed by atoms with van der Waals surface area (Å²) in [6.45, 7) is 4.18. The minimum Gasteiger partial charge on any atom is -0.396 e. The zero-order valence-corrected chi connectivity index (χ0v) is 17.2. The molecule has 0 fully saturated rings. The van der Waals surface area contributed by atoms with Gasteiger partial charge in [-0.2, -0.15) is 13.2 Å². The molecule has 2 heterocycles. The highest BCUT2D eigenvalue weighted by Crippen LogP contribution is 2.32. The van der Waals surface area contributed by atoms with Gasteiger partial charge >= 0.3 is 12.2 Å². The van der Waals surface area contributed by atoms with E-state index in [4.69, 9.17) is 0 Å². The molecule has 0 saturated heterocycles. The molecule has 6 nitrogen and oxygen atoms in total. The van der Waals surface area contributed by atoms with Gasteiger partial charge in [-0.25, -0.2) is 19.2 Å². The molecule has 10 heteroatoms. The van der Waals surface area contributed by atoms with E-state index in [1.165, 1.54) is 0 Å². The number of aliphatic hydroxyl groups is 1. The van der Waals surface area contributed by atoms with Crippen molar-refractivity contribution < 1.29 is 27.5 Å². The van der Waals surface area contributed by atoms with Gasteiger partial charge in [-0.1, -0.05) is 13.0 Å². The van der Waals surface area contributed by atoms with Crippen LogP contribution in [-0.2, 0) is 25.6 Å². The molecule has 2 amide bonds. The van der Waals surface area contributed by atoms with Crippen molar-refractivity contribution in [2.75, 3.05) is 13.2 Å². The Morgan fingerprint density at radius 3 is 2.71 bits per heavy atom. The zero-order valence-electron chi connectivity index (χ0n) is 17.2. The van der Waals surface area contributed by atoms with E-state index >= 15 is 0 Å². The maximum atomic E-state index is 13.8. The van der Waals surface area contributed by atoms with Gasteiger partial charge in [0.05, 0.1) is 23.8 Å². The fourth-order valence-electron chi connectivity index (χ4n) is 3.38. The second-order valence-corrected chi connectivity index (χ2v) is 7.83. The third kappa shape index (κ3) is 5.49. The number of hydrogen-bond acceptors (Lipinski definition) is 4. The molecule has 3 rings (SSSR count). The Labute approximate surface area is 177 Å². The molecule has 0 aliphatic carbocycles. The fourth-order valence-corrected chi connectivity index (χ4v) is 3.38. The summed E-state index contributed by atoms with van der Waals surface area (Å²) >= 11 is 0. The van der Waals surface area contributed by atoms with Crippen LogP contribution in [0.15, 0.2) is 24.4 Å². The molecule has 2 aromatic rings. The van der Waals surface area contributed by atoms with Crippen LogP contribution in [0.4, 0.5) is 22.4 Å². The Kier molecular flexibility index (Phi) is 6.78. The molecule has 2 atom stereocenters. The van der Waals surface area contributed by atoms with Crippen LogP contribution in [-0.4, -0.2) is 39.2 Å². The number of halogens is 4. The SMILES string of the molecule is C[C@@H](CO)Cc1ncc2c(n1)CN(C(=O)N[C@H](C)c1ccc(C(F)(F)F)c(F)c1)CC2. The molecular formula is C21H24F4N4O2. The number of fused-ring (bicyclic) bond motifs is 1. The predicted octanol–water partition coefficient (Wildman–Crippen LogP) is 3.63. The van der Waals surface area contributed by atoms with E-state index in [-0.39, 0.29) is 24.6 Å². The van der Waals surface area contributed by atoms with Crippen LogP contribution in [0, 0.1) is 11.7 Å². The molecule has 2 N–H and O–H groups in total. The third-order valence-electron chi connectivity index (χ3n) is 5.26. The number of nitrogens with zero attached hydrogens (tertiary/aromatic N) is 3. The standard InChI is InChI=1S/C21H24F4N4O2/c1-12(11-30)7-19-26-9-15-5-6-29(10-18(15)28-19)20(31)27-13(2)14-3-4-16(17(22)8-14)21(23,24)25/h3-4,8-9,12-13,30H,5-7,10-11H2,1-2H3,(H,27,31)/t12-,13-/m1/s1. The lowest BCUT2D eigenvalue weighted by molar-refractivity contribution is -0.140. The highest BCUT2D eigenvalue weighted by atomic mass is 19.4. The van der Waals surface area contributed by atoms with Crippen molar-refractivity contribution in [3.63, 3.8) is 0 Å². The quantitative estimate of drug-likeness (QED) is 0.696. The van der Waals surface area contributed by atoms with Crippen molar-refractivity contribution in [1.29, 1.82) is 0 Å². The van der Waals surface area contributed by atoms with E-state index in [9.17, 15) is 27.5 Å². The number of aliphatic hydroxyl groups excluding tert-OH is 1. The highest BCUT2D eigenvalue weighted by molar-refractivity contribution is 5.75. The number of alkyl halides is 3. The second-order valence-electron chi connectivity index (χ2n) is 7.83. The van der Waals surface area contributed by atoms with Crippen molar-refractivity contribution in [2.24, 2.45) is 5.92 Å². The molecule has 0 unspecified atom stereocenters. The normalized spacial score (nSPS) is 15.9. The molecule has 1 aromatic heterocycles. The summed E-state index contributed by atoms with van der Waals surface area (Å²) in [7, 11) is 0. The minimum atomic E-state index is -4.77. The van der Waals surface area contributed by atoms with Gasteiger partial charge in [-0.05, 0) is 42.5 Å². The van der Waals surface area contributed by atoms with Gasteiger partial charge in [0.15, 0.2) is 0 Å². The number of rotatable bonds is 5. The lowest BCUT2D eigenvalue weighted by atomic mass is 10.0. The summed E-state index contributed by atoms with van der Waals surface area (Å²) in [5.74, 6) is -0.762. The molecule has 1 aliphatic rings. The smallest absolute Gasteiger partial charge is 0.396 e. The first-order valence-electron chi connectivity index (χ1n) is 9.95. The number of carbonyl (C=O) groups is 1. The first-order chi connectivity index (χ1) is 14.6. The summed E-state index contributed by atoms with van der Waals surface area (Å²) in [4.78, 5) is 23.1. The number of urea groups is 1. The molecular weight excluding hydrogens is 416 g/mol. The van der Waals surface area contributed by atoms with E-state index in [1.54, 1.807) is 18.0 Å². The van der Waals surface area contributed by atoms with Crippen molar-refractivity contribution in [2.45, 2.75) is 45.5 Å². The average molecular weight is 440 g/mol. The molecule has 0 radical (unpaired) electrons. The number of aromatic nitrogens is 2. The Morgan fingerprint density at radius 2 is 2.06 bits per heavy atom. The van der Waals surface area contributed by atoms with E-state index in [0.717, 1.165) is 23.4 Å². The van der Waals surface area contributed by atoms with Crippen LogP contribution >= 0.6 is 0 Å². The Hall–Kier alpha value is -2.75. The largest absolute Gasteiger partial charge is 0.419 e. The first-order valence-corrected chi connectivity index (χ1v) is 9.95. The Balaban J connectivity index is 1.66. The second kappa shape index (κ2) is 9.17. The van der Waals surface area contributed by atoms with Gasteiger partial charge in [-0.3, -0.25) is 0 Å². The summed E-state index contributed by atoms with van der Waals surface area (Å²) in [6.07, 6.45) is -1.94. The van der Waals surface area contributed by atoms with Crippen molar-refractivity contribution in [1.82, 2.24) is 20.2 Å². The summed E-state index contributed by atoms with van der Waals surface area (Å²) in [5.41, 5.74) is 0.569. The number of nitrogens with one attached hydrogen (secondary N) is 1. The van der Waals surface area contributed by atoms with Crippen LogP contribution in [0.3, 0.4) is 0 Å². The lowest BCUT2D eigenvalue weighted by Crippen LogP contribution is -2.44. The van der Waals surface area contributed by atoms with Gasteiger partial charge in [0.25, 0.3) is 0 Å². The predicted molar refractivity (Wildman–Crippen MR) is 104 cm³/mol. The summed E-state index contributed by atoms with van der Waals surface area (Å²) < 4.78 is 52.0. The van der Waals surface area contributed by atoms with Crippen LogP contribution < -0.4 is 5.32 Å². The van der Waals surface area contributed by atoms with E-state index < -0.39 is 29.6 Å². The average Bonchev–Trinajstić information content (AvgIpc) is 2.72. The van der Waals surface area contributed by atoms with Crippen molar-refractivity contribution >= 4 is 6.03 Å². The van der Waals surface area contributed by atoms with Crippen molar-refractivity contribution in [3.05, 3.63) is 58.4 Å². The molecule has 1 aliphatic heterocycles. The van der Waals surface area contributed by atoms with Gasteiger partial charge in [0, 0.05) is 25.8 Å². The highest BCUT2D eigenvalue weighted by Gasteiger charge is 2.34. The molecule has 0 spiro atoms. The van der Waals surface area contributed by atoms with Crippen molar-refractivity contribution in [3.8, 4) is 0 Å². The Bertz CT molecular complexity index is 951. The van der Waals surface area contributed by atoms with Gasteiger partial charge in [0.2, 0.25) is 0 Å².